The number of carbonyl (C=O) groups excluding carboxylic acids is 1. The van der Waals surface area contributed by atoms with Gasteiger partial charge < -0.3 is 9.64 Å². The molecular weight excluding hydrogens is 342 g/mol. The van der Waals surface area contributed by atoms with Crippen LogP contribution in [-0.4, -0.2) is 29.7 Å². The first-order valence-electron chi connectivity index (χ1n) is 7.58. The van der Waals surface area contributed by atoms with Crippen LogP contribution in [0.5, 0.6) is 0 Å². The fraction of sp³-hybridized carbons (Fsp3) is 0.500. The number of fused-ring (bicyclic) bond motifs is 1. The van der Waals surface area contributed by atoms with Crippen LogP contribution in [0.15, 0.2) is 28.7 Å². The summed E-state index contributed by atoms with van der Waals surface area (Å²) < 4.78 is 6.48. The van der Waals surface area contributed by atoms with Crippen LogP contribution < -0.4 is 0 Å². The Hall–Kier alpha value is -1.47. The van der Waals surface area contributed by atoms with E-state index in [1.807, 2.05) is 49.9 Å². The van der Waals surface area contributed by atoms with Crippen molar-refractivity contribution in [2.45, 2.75) is 26.4 Å². The summed E-state index contributed by atoms with van der Waals surface area (Å²) in [5, 5.41) is 0. The first-order valence-corrected chi connectivity index (χ1v) is 8.38. The van der Waals surface area contributed by atoms with Crippen LogP contribution in [0.4, 0.5) is 4.79 Å². The summed E-state index contributed by atoms with van der Waals surface area (Å²) >= 11 is 3.42. The average molecular weight is 362 g/mol. The van der Waals surface area contributed by atoms with Crippen molar-refractivity contribution in [3.8, 4) is 11.8 Å². The SMILES string of the molecule is CC(C)(C)OC(=O)N1C[C@@H]2[C@@H](C#Cc3ccc(Br)cc3)[C@@H]2C1. The Labute approximate surface area is 140 Å². The maximum Gasteiger partial charge on any atom is 0.410 e. The summed E-state index contributed by atoms with van der Waals surface area (Å²) in [6, 6.07) is 8.04. The summed E-state index contributed by atoms with van der Waals surface area (Å²) in [5.41, 5.74) is 0.613. The monoisotopic (exact) mass is 361 g/mol. The van der Waals surface area contributed by atoms with Crippen LogP contribution >= 0.6 is 15.9 Å². The summed E-state index contributed by atoms with van der Waals surface area (Å²) in [6.45, 7) is 7.25. The largest absolute Gasteiger partial charge is 0.444 e. The maximum absolute atomic E-state index is 12.0. The predicted octanol–water partition coefficient (Wildman–Crippen LogP) is 3.91. The van der Waals surface area contributed by atoms with Gasteiger partial charge in [0.2, 0.25) is 0 Å². The molecule has 116 valence electrons. The Morgan fingerprint density at radius 2 is 1.82 bits per heavy atom. The van der Waals surface area contributed by atoms with E-state index in [0.717, 1.165) is 23.1 Å². The summed E-state index contributed by atoms with van der Waals surface area (Å²) in [5.74, 6) is 8.08. The zero-order valence-electron chi connectivity index (χ0n) is 13.1. The number of halogens is 1. The Morgan fingerprint density at radius 3 is 2.36 bits per heavy atom. The predicted molar refractivity (Wildman–Crippen MR) is 89.3 cm³/mol. The molecule has 1 saturated heterocycles. The number of hydrogen-bond donors (Lipinski definition) is 0. The zero-order chi connectivity index (χ0) is 15.9. The zero-order valence-corrected chi connectivity index (χ0v) is 14.7. The molecule has 1 amide bonds. The van der Waals surface area contributed by atoms with Gasteiger partial charge in [-0.05, 0) is 56.9 Å². The Bertz CT molecular complexity index is 624. The van der Waals surface area contributed by atoms with Crippen molar-refractivity contribution in [1.29, 1.82) is 0 Å². The van der Waals surface area contributed by atoms with Crippen molar-refractivity contribution in [2.24, 2.45) is 17.8 Å². The van der Waals surface area contributed by atoms with Gasteiger partial charge in [-0.2, -0.15) is 0 Å². The number of carbonyl (C=O) groups is 1. The van der Waals surface area contributed by atoms with Crippen LogP contribution in [0.3, 0.4) is 0 Å². The van der Waals surface area contributed by atoms with Crippen LogP contribution in [0.25, 0.3) is 0 Å². The lowest BCUT2D eigenvalue weighted by Crippen LogP contribution is -2.37. The molecule has 1 aromatic carbocycles. The Balaban J connectivity index is 1.53. The molecule has 0 radical (unpaired) electrons. The second-order valence-electron chi connectivity index (χ2n) is 7.02. The van der Waals surface area contributed by atoms with Gasteiger partial charge in [-0.15, -0.1) is 0 Å². The average Bonchev–Trinajstić information content (AvgIpc) is 2.88. The number of piperidine rings is 1. The highest BCUT2D eigenvalue weighted by atomic mass is 79.9. The van der Waals surface area contributed by atoms with Gasteiger partial charge in [0.05, 0.1) is 0 Å². The molecule has 22 heavy (non-hydrogen) atoms. The van der Waals surface area contributed by atoms with Crippen molar-refractivity contribution in [3.05, 3.63) is 34.3 Å². The third kappa shape index (κ3) is 3.47. The normalized spacial score (nSPS) is 26.0. The van der Waals surface area contributed by atoms with Crippen molar-refractivity contribution < 1.29 is 9.53 Å². The van der Waals surface area contributed by atoms with E-state index in [2.05, 4.69) is 27.8 Å². The smallest absolute Gasteiger partial charge is 0.410 e. The summed E-state index contributed by atoms with van der Waals surface area (Å²) in [6.07, 6.45) is -0.195. The van der Waals surface area contributed by atoms with E-state index >= 15 is 0 Å². The van der Waals surface area contributed by atoms with Gasteiger partial charge >= 0.3 is 6.09 Å². The fourth-order valence-corrected chi connectivity index (χ4v) is 3.18. The number of benzene rings is 1. The lowest BCUT2D eigenvalue weighted by molar-refractivity contribution is 0.0269. The molecule has 1 aliphatic carbocycles. The van der Waals surface area contributed by atoms with E-state index in [0.29, 0.717) is 17.8 Å². The molecule has 0 N–H and O–H groups in total. The Kier molecular flexibility index (Phi) is 3.94. The van der Waals surface area contributed by atoms with E-state index in [4.69, 9.17) is 4.74 Å². The standard InChI is InChI=1S/C18H20BrNO2/c1-18(2,3)22-17(21)20-10-15-14(16(15)11-20)9-6-12-4-7-13(19)8-5-12/h4-5,7-8,14-16H,10-11H2,1-3H3/t14-,15-,16+. The number of hydrogen-bond acceptors (Lipinski definition) is 2. The minimum atomic E-state index is -0.426. The fourth-order valence-electron chi connectivity index (χ4n) is 2.92. The third-order valence-corrected chi connectivity index (χ3v) is 4.60. The first-order chi connectivity index (χ1) is 10.3. The van der Waals surface area contributed by atoms with E-state index in [1.54, 1.807) is 0 Å². The highest BCUT2D eigenvalue weighted by Gasteiger charge is 2.56. The van der Waals surface area contributed by atoms with Crippen molar-refractivity contribution in [3.63, 3.8) is 0 Å². The van der Waals surface area contributed by atoms with Gasteiger partial charge in [0.15, 0.2) is 0 Å². The van der Waals surface area contributed by atoms with Crippen molar-refractivity contribution in [1.82, 2.24) is 4.90 Å². The van der Waals surface area contributed by atoms with Gasteiger partial charge in [0, 0.05) is 29.0 Å². The molecule has 4 heteroatoms. The molecule has 1 aromatic rings. The van der Waals surface area contributed by atoms with Crippen LogP contribution in [-0.2, 0) is 4.74 Å². The molecule has 3 nitrogen and oxygen atoms in total. The van der Waals surface area contributed by atoms with Crippen molar-refractivity contribution in [2.75, 3.05) is 13.1 Å². The van der Waals surface area contributed by atoms with Crippen LogP contribution in [0, 0.1) is 29.6 Å². The number of nitrogens with zero attached hydrogens (tertiary/aromatic N) is 1. The first kappa shape index (κ1) is 15.4. The van der Waals surface area contributed by atoms with Gasteiger partial charge in [0.1, 0.15) is 5.60 Å². The lowest BCUT2D eigenvalue weighted by Gasteiger charge is -2.25. The molecule has 1 aliphatic heterocycles. The maximum atomic E-state index is 12.0. The molecule has 0 spiro atoms. The van der Waals surface area contributed by atoms with Crippen LogP contribution in [0.1, 0.15) is 26.3 Å². The minimum absolute atomic E-state index is 0.195. The van der Waals surface area contributed by atoms with Gasteiger partial charge in [-0.3, -0.25) is 0 Å². The molecule has 1 heterocycles. The molecule has 0 bridgehead atoms. The van der Waals surface area contributed by atoms with E-state index in [1.165, 1.54) is 0 Å². The quantitative estimate of drug-likeness (QED) is 0.655. The Morgan fingerprint density at radius 1 is 1.23 bits per heavy atom. The van der Waals surface area contributed by atoms with Gasteiger partial charge in [-0.25, -0.2) is 4.79 Å². The van der Waals surface area contributed by atoms with E-state index < -0.39 is 5.60 Å². The number of amides is 1. The van der Waals surface area contributed by atoms with E-state index in [-0.39, 0.29) is 6.09 Å². The molecule has 1 saturated carbocycles. The number of rotatable bonds is 0. The topological polar surface area (TPSA) is 29.5 Å². The number of likely N-dealkylation sites (tertiary alicyclic amines) is 1. The highest BCUT2D eigenvalue weighted by molar-refractivity contribution is 9.10. The summed E-state index contributed by atoms with van der Waals surface area (Å²) in [4.78, 5) is 13.8. The molecule has 0 aromatic heterocycles. The molecule has 3 rings (SSSR count). The molecule has 2 aliphatic rings. The van der Waals surface area contributed by atoms with Crippen molar-refractivity contribution >= 4 is 22.0 Å². The summed E-state index contributed by atoms with van der Waals surface area (Å²) in [7, 11) is 0. The third-order valence-electron chi connectivity index (χ3n) is 4.07. The van der Waals surface area contributed by atoms with Gasteiger partial charge in [-0.1, -0.05) is 27.8 Å². The lowest BCUT2D eigenvalue weighted by atomic mass is 10.2. The minimum Gasteiger partial charge on any atom is -0.444 e. The van der Waals surface area contributed by atoms with Crippen LogP contribution in [0.2, 0.25) is 0 Å². The molecule has 3 atom stereocenters. The van der Waals surface area contributed by atoms with Gasteiger partial charge in [0.25, 0.3) is 0 Å². The molecular formula is C18H20BrNO2. The highest BCUT2D eigenvalue weighted by Crippen LogP contribution is 2.51. The van der Waals surface area contributed by atoms with E-state index in [9.17, 15) is 4.79 Å². The molecule has 0 unspecified atom stereocenters. The number of ether oxygens (including phenoxy) is 1. The second-order valence-corrected chi connectivity index (χ2v) is 7.93. The molecule has 2 fully saturated rings. The second kappa shape index (κ2) is 5.62.